The predicted molar refractivity (Wildman–Crippen MR) is 72.2 cm³/mol. The maximum Gasteiger partial charge on any atom is 0.128 e. The van der Waals surface area contributed by atoms with Gasteiger partial charge in [0.25, 0.3) is 0 Å². The molecule has 3 heteroatoms. The van der Waals surface area contributed by atoms with Crippen LogP contribution in [0.25, 0.3) is 0 Å². The zero-order chi connectivity index (χ0) is 12.3. The van der Waals surface area contributed by atoms with E-state index in [0.29, 0.717) is 6.04 Å². The smallest absolute Gasteiger partial charge is 0.128 e. The predicted octanol–water partition coefficient (Wildman–Crippen LogP) is 2.35. The minimum atomic E-state index is 0.204. The lowest BCUT2D eigenvalue weighted by Crippen LogP contribution is -2.29. The monoisotopic (exact) mass is 233 g/mol. The first kappa shape index (κ1) is 12.4. The molecule has 1 aliphatic carbocycles. The minimum Gasteiger partial charge on any atom is -0.357 e. The van der Waals surface area contributed by atoms with Crippen LogP contribution in [0.1, 0.15) is 38.2 Å². The highest BCUT2D eigenvalue weighted by atomic mass is 15.2. The van der Waals surface area contributed by atoms with Crippen molar-refractivity contribution in [2.75, 3.05) is 11.9 Å². The van der Waals surface area contributed by atoms with E-state index >= 15 is 0 Å². The van der Waals surface area contributed by atoms with Crippen LogP contribution in [-0.2, 0) is 6.42 Å². The van der Waals surface area contributed by atoms with E-state index in [9.17, 15) is 0 Å². The number of nitrogens with zero attached hydrogens (tertiary/aromatic N) is 2. The molecule has 3 nitrogen and oxygen atoms in total. The molecule has 1 atom stereocenters. The van der Waals surface area contributed by atoms with Gasteiger partial charge in [-0.25, -0.2) is 4.98 Å². The normalized spacial score (nSPS) is 18.3. The summed E-state index contributed by atoms with van der Waals surface area (Å²) in [6, 6.07) is 5.16. The van der Waals surface area contributed by atoms with Crippen LogP contribution < -0.4 is 10.6 Å². The molecule has 1 unspecified atom stereocenters. The van der Waals surface area contributed by atoms with Crippen LogP contribution in [0.15, 0.2) is 18.3 Å². The summed E-state index contributed by atoms with van der Waals surface area (Å²) >= 11 is 0. The number of pyridine rings is 1. The highest BCUT2D eigenvalue weighted by molar-refractivity contribution is 5.39. The van der Waals surface area contributed by atoms with Crippen LogP contribution >= 0.6 is 0 Å². The minimum absolute atomic E-state index is 0.204. The Morgan fingerprint density at radius 1 is 1.41 bits per heavy atom. The maximum atomic E-state index is 5.78. The summed E-state index contributed by atoms with van der Waals surface area (Å²) < 4.78 is 0. The van der Waals surface area contributed by atoms with Crippen LogP contribution in [0.2, 0.25) is 0 Å². The lowest BCUT2D eigenvalue weighted by Gasteiger charge is -2.25. The summed E-state index contributed by atoms with van der Waals surface area (Å²) in [7, 11) is 2.16. The summed E-state index contributed by atoms with van der Waals surface area (Å²) in [5.41, 5.74) is 7.01. The van der Waals surface area contributed by atoms with Crippen LogP contribution in [0.4, 0.5) is 5.82 Å². The first-order valence-electron chi connectivity index (χ1n) is 6.60. The van der Waals surface area contributed by atoms with Crippen molar-refractivity contribution in [2.24, 2.45) is 5.73 Å². The van der Waals surface area contributed by atoms with E-state index in [2.05, 4.69) is 29.1 Å². The zero-order valence-electron chi connectivity index (χ0n) is 10.9. The van der Waals surface area contributed by atoms with Crippen molar-refractivity contribution in [3.05, 3.63) is 23.9 Å². The number of aromatic nitrogens is 1. The van der Waals surface area contributed by atoms with Crippen molar-refractivity contribution in [1.82, 2.24) is 4.98 Å². The SMILES string of the molecule is CC(N)Cc1ccc(N(C)C2CCCC2)nc1. The van der Waals surface area contributed by atoms with Crippen molar-refractivity contribution in [2.45, 2.75) is 51.1 Å². The molecule has 0 spiro atoms. The molecule has 17 heavy (non-hydrogen) atoms. The molecule has 0 aromatic carbocycles. The molecule has 1 heterocycles. The highest BCUT2D eigenvalue weighted by Gasteiger charge is 2.20. The molecule has 0 bridgehead atoms. The fourth-order valence-electron chi connectivity index (χ4n) is 2.60. The van der Waals surface area contributed by atoms with Crippen LogP contribution in [0, 0.1) is 0 Å². The summed E-state index contributed by atoms with van der Waals surface area (Å²) in [4.78, 5) is 6.87. The van der Waals surface area contributed by atoms with Gasteiger partial charge in [-0.3, -0.25) is 0 Å². The Bertz CT molecular complexity index is 339. The van der Waals surface area contributed by atoms with E-state index in [1.807, 2.05) is 13.1 Å². The van der Waals surface area contributed by atoms with Crippen LogP contribution in [0.5, 0.6) is 0 Å². The van der Waals surface area contributed by atoms with Crippen molar-refractivity contribution in [3.63, 3.8) is 0 Å². The van der Waals surface area contributed by atoms with Crippen LogP contribution in [0.3, 0.4) is 0 Å². The summed E-state index contributed by atoms with van der Waals surface area (Å²) in [6.07, 6.45) is 8.19. The Morgan fingerprint density at radius 3 is 2.65 bits per heavy atom. The fraction of sp³-hybridized carbons (Fsp3) is 0.643. The second-order valence-electron chi connectivity index (χ2n) is 5.26. The molecule has 0 saturated heterocycles. The van der Waals surface area contributed by atoms with Gasteiger partial charge in [-0.1, -0.05) is 18.9 Å². The van der Waals surface area contributed by atoms with E-state index in [4.69, 9.17) is 5.73 Å². The standard InChI is InChI=1S/C14H23N3/c1-11(15)9-12-7-8-14(16-10-12)17(2)13-5-3-4-6-13/h7-8,10-11,13H,3-6,9,15H2,1-2H3. The van der Waals surface area contributed by atoms with Gasteiger partial charge < -0.3 is 10.6 Å². The Labute approximate surface area is 104 Å². The number of rotatable bonds is 4. The van der Waals surface area contributed by atoms with Gasteiger partial charge in [-0.15, -0.1) is 0 Å². The number of nitrogens with two attached hydrogens (primary N) is 1. The third-order valence-corrected chi connectivity index (χ3v) is 3.60. The van der Waals surface area contributed by atoms with Gasteiger partial charge in [0, 0.05) is 25.3 Å². The molecule has 1 aliphatic rings. The van der Waals surface area contributed by atoms with Gasteiger partial charge in [0.05, 0.1) is 0 Å². The molecule has 0 aliphatic heterocycles. The molecule has 1 aromatic rings. The van der Waals surface area contributed by atoms with Crippen molar-refractivity contribution < 1.29 is 0 Å². The second-order valence-corrected chi connectivity index (χ2v) is 5.26. The number of hydrogen-bond acceptors (Lipinski definition) is 3. The van der Waals surface area contributed by atoms with Crippen LogP contribution in [-0.4, -0.2) is 24.1 Å². The number of anilines is 1. The molecular formula is C14H23N3. The molecule has 0 radical (unpaired) electrons. The first-order valence-corrected chi connectivity index (χ1v) is 6.60. The summed E-state index contributed by atoms with van der Waals surface area (Å²) in [5.74, 6) is 1.09. The molecule has 1 fully saturated rings. The largest absolute Gasteiger partial charge is 0.357 e. The molecule has 2 rings (SSSR count). The second kappa shape index (κ2) is 5.50. The summed E-state index contributed by atoms with van der Waals surface area (Å²) in [5, 5.41) is 0. The third kappa shape index (κ3) is 3.19. The maximum absolute atomic E-state index is 5.78. The molecule has 1 saturated carbocycles. The zero-order valence-corrected chi connectivity index (χ0v) is 10.9. The molecule has 0 amide bonds. The molecule has 1 aromatic heterocycles. The Hall–Kier alpha value is -1.09. The lowest BCUT2D eigenvalue weighted by atomic mass is 10.1. The van der Waals surface area contributed by atoms with E-state index in [-0.39, 0.29) is 6.04 Å². The molecule has 2 N–H and O–H groups in total. The van der Waals surface area contributed by atoms with E-state index < -0.39 is 0 Å². The van der Waals surface area contributed by atoms with E-state index in [1.54, 1.807) is 0 Å². The van der Waals surface area contributed by atoms with Gasteiger partial charge in [-0.05, 0) is 37.8 Å². The Kier molecular flexibility index (Phi) is 4.00. The van der Waals surface area contributed by atoms with Gasteiger partial charge in [0.2, 0.25) is 0 Å². The van der Waals surface area contributed by atoms with Crippen molar-refractivity contribution in [1.29, 1.82) is 0 Å². The quantitative estimate of drug-likeness (QED) is 0.868. The fourth-order valence-corrected chi connectivity index (χ4v) is 2.60. The van der Waals surface area contributed by atoms with Gasteiger partial charge in [0.1, 0.15) is 5.82 Å². The Balaban J connectivity index is 2.01. The molecular weight excluding hydrogens is 210 g/mol. The Morgan fingerprint density at radius 2 is 2.12 bits per heavy atom. The van der Waals surface area contributed by atoms with E-state index in [1.165, 1.54) is 31.2 Å². The topological polar surface area (TPSA) is 42.1 Å². The average molecular weight is 233 g/mol. The first-order chi connectivity index (χ1) is 8.16. The average Bonchev–Trinajstić information content (AvgIpc) is 2.82. The highest BCUT2D eigenvalue weighted by Crippen LogP contribution is 2.25. The number of hydrogen-bond donors (Lipinski definition) is 1. The lowest BCUT2D eigenvalue weighted by molar-refractivity contribution is 0.645. The third-order valence-electron chi connectivity index (χ3n) is 3.60. The van der Waals surface area contributed by atoms with E-state index in [0.717, 1.165) is 12.2 Å². The molecule has 94 valence electrons. The summed E-state index contributed by atoms with van der Waals surface area (Å²) in [6.45, 7) is 2.03. The van der Waals surface area contributed by atoms with Gasteiger partial charge >= 0.3 is 0 Å². The van der Waals surface area contributed by atoms with Gasteiger partial charge in [-0.2, -0.15) is 0 Å². The van der Waals surface area contributed by atoms with Crippen molar-refractivity contribution >= 4 is 5.82 Å². The van der Waals surface area contributed by atoms with Gasteiger partial charge in [0.15, 0.2) is 0 Å². The van der Waals surface area contributed by atoms with Crippen molar-refractivity contribution in [3.8, 4) is 0 Å².